The predicted molar refractivity (Wildman–Crippen MR) is 118 cm³/mol. The van der Waals surface area contributed by atoms with Gasteiger partial charge in [0.2, 0.25) is 11.6 Å². The summed E-state index contributed by atoms with van der Waals surface area (Å²) in [6.45, 7) is -0.312. The molecule has 0 spiro atoms. The topological polar surface area (TPSA) is 118 Å². The van der Waals surface area contributed by atoms with Crippen LogP contribution in [0.3, 0.4) is 0 Å². The van der Waals surface area contributed by atoms with E-state index < -0.39 is 11.6 Å². The molecule has 0 radical (unpaired) electrons. The highest BCUT2D eigenvalue weighted by molar-refractivity contribution is 5.90. The molecule has 0 fully saturated rings. The third-order valence-corrected chi connectivity index (χ3v) is 4.69. The van der Waals surface area contributed by atoms with Crippen LogP contribution in [-0.4, -0.2) is 46.4 Å². The smallest absolute Gasteiger partial charge is 0.351 e. The molecule has 0 aliphatic heterocycles. The van der Waals surface area contributed by atoms with Crippen LogP contribution in [0.4, 0.5) is 5.69 Å². The molecule has 33 heavy (non-hydrogen) atoms. The number of methoxy groups -OCH3 is 3. The lowest BCUT2D eigenvalue weighted by Crippen LogP contribution is -2.28. The first-order valence-electron chi connectivity index (χ1n) is 9.80. The largest absolute Gasteiger partial charge is 0.497 e. The molecular weight excluding hydrogens is 430 g/mol. The number of carbonyl (C=O) groups excluding carboxylic acids is 1. The summed E-state index contributed by atoms with van der Waals surface area (Å²) in [7, 11) is 4.57. The zero-order valence-corrected chi connectivity index (χ0v) is 18.1. The van der Waals surface area contributed by atoms with Crippen molar-refractivity contribution in [2.24, 2.45) is 0 Å². The Morgan fingerprint density at radius 1 is 1.00 bits per heavy atom. The molecule has 1 amide bonds. The number of aromatic nitrogens is 4. The minimum Gasteiger partial charge on any atom is -0.497 e. The molecule has 2 aromatic heterocycles. The summed E-state index contributed by atoms with van der Waals surface area (Å²) in [4.78, 5) is 29.5. The molecule has 0 bridgehead atoms. The highest BCUT2D eigenvalue weighted by Crippen LogP contribution is 2.29. The lowest BCUT2D eigenvalue weighted by Gasteiger charge is -2.10. The van der Waals surface area contributed by atoms with Crippen molar-refractivity contribution in [3.05, 3.63) is 65.3 Å². The Balaban J connectivity index is 1.56. The Bertz CT molecular complexity index is 1360. The third-order valence-electron chi connectivity index (χ3n) is 4.69. The number of carbonyl (C=O) groups is 1. The van der Waals surface area contributed by atoms with E-state index >= 15 is 0 Å². The van der Waals surface area contributed by atoms with Crippen LogP contribution in [0.1, 0.15) is 0 Å². The summed E-state index contributed by atoms with van der Waals surface area (Å²) in [6.07, 6.45) is 2.87. The Hall–Kier alpha value is -4.54. The summed E-state index contributed by atoms with van der Waals surface area (Å²) < 4.78 is 23.7. The standard InChI is InChI=1S/C22H21N5O6/c1-30-15-5-4-6-16(12-15)33-21-20-25-27(22(29)26(20)10-9-23-21)13-19(28)24-14-7-8-17(31-2)18(11-14)32-3/h4-12H,13H2,1-3H3,(H,24,28). The minimum atomic E-state index is -0.509. The number of nitrogens with one attached hydrogen (secondary N) is 1. The van der Waals surface area contributed by atoms with Gasteiger partial charge in [0.05, 0.1) is 21.3 Å². The van der Waals surface area contributed by atoms with Crippen LogP contribution in [0.25, 0.3) is 5.65 Å². The number of benzene rings is 2. The van der Waals surface area contributed by atoms with Crippen LogP contribution in [0.5, 0.6) is 28.9 Å². The Kier molecular flexibility index (Phi) is 6.11. The van der Waals surface area contributed by atoms with Crippen molar-refractivity contribution in [1.29, 1.82) is 0 Å². The fourth-order valence-corrected chi connectivity index (χ4v) is 3.13. The lowest BCUT2D eigenvalue weighted by atomic mass is 10.2. The maximum Gasteiger partial charge on any atom is 0.351 e. The van der Waals surface area contributed by atoms with Crippen LogP contribution < -0.4 is 30.0 Å². The molecule has 0 aliphatic carbocycles. The average Bonchev–Trinajstić information content (AvgIpc) is 3.15. The SMILES string of the molecule is COc1cccc(Oc2nccn3c(=O)n(CC(=O)Nc4ccc(OC)c(OC)c4)nc23)c1. The van der Waals surface area contributed by atoms with E-state index in [9.17, 15) is 9.59 Å². The molecule has 4 rings (SSSR count). The first-order valence-corrected chi connectivity index (χ1v) is 9.80. The van der Waals surface area contributed by atoms with E-state index in [1.54, 1.807) is 49.6 Å². The number of amides is 1. The maximum absolute atomic E-state index is 12.7. The molecule has 170 valence electrons. The summed E-state index contributed by atoms with van der Waals surface area (Å²) in [5, 5.41) is 6.95. The van der Waals surface area contributed by atoms with Crippen LogP contribution in [0.2, 0.25) is 0 Å². The van der Waals surface area contributed by atoms with E-state index in [-0.39, 0.29) is 18.1 Å². The number of anilines is 1. The predicted octanol–water partition coefficient (Wildman–Crippen LogP) is 2.35. The Labute approximate surface area is 188 Å². The Morgan fingerprint density at radius 3 is 2.55 bits per heavy atom. The molecule has 2 aromatic carbocycles. The summed E-state index contributed by atoms with van der Waals surface area (Å²) >= 11 is 0. The quantitative estimate of drug-likeness (QED) is 0.434. The lowest BCUT2D eigenvalue weighted by molar-refractivity contribution is -0.117. The molecular formula is C22H21N5O6. The van der Waals surface area contributed by atoms with Gasteiger partial charge in [0.1, 0.15) is 18.0 Å². The summed E-state index contributed by atoms with van der Waals surface area (Å²) in [5.74, 6) is 1.73. The monoisotopic (exact) mass is 451 g/mol. The van der Waals surface area contributed by atoms with Gasteiger partial charge in [-0.05, 0) is 24.3 Å². The van der Waals surface area contributed by atoms with Gasteiger partial charge >= 0.3 is 5.69 Å². The van der Waals surface area contributed by atoms with Crippen molar-refractivity contribution in [2.75, 3.05) is 26.6 Å². The number of hydrogen-bond acceptors (Lipinski definition) is 8. The van der Waals surface area contributed by atoms with E-state index in [1.165, 1.54) is 31.0 Å². The molecule has 0 unspecified atom stereocenters. The van der Waals surface area contributed by atoms with Crippen LogP contribution in [0.15, 0.2) is 59.7 Å². The second-order valence-corrected chi connectivity index (χ2v) is 6.77. The highest BCUT2D eigenvalue weighted by Gasteiger charge is 2.16. The van der Waals surface area contributed by atoms with E-state index in [2.05, 4.69) is 15.4 Å². The highest BCUT2D eigenvalue weighted by atomic mass is 16.5. The first kappa shape index (κ1) is 21.7. The van der Waals surface area contributed by atoms with Gasteiger partial charge in [-0.3, -0.25) is 4.79 Å². The van der Waals surface area contributed by atoms with E-state index in [1.807, 2.05) is 0 Å². The number of hydrogen-bond donors (Lipinski definition) is 1. The number of nitrogens with zero attached hydrogens (tertiary/aromatic N) is 4. The summed E-state index contributed by atoms with van der Waals surface area (Å²) in [5.41, 5.74) is 0.146. The van der Waals surface area contributed by atoms with Gasteiger partial charge in [0, 0.05) is 30.2 Å². The first-order chi connectivity index (χ1) is 16.0. The second kappa shape index (κ2) is 9.30. The molecule has 11 heteroatoms. The van der Waals surface area contributed by atoms with Crippen LogP contribution in [0, 0.1) is 0 Å². The van der Waals surface area contributed by atoms with Crippen LogP contribution in [-0.2, 0) is 11.3 Å². The van der Waals surface area contributed by atoms with E-state index in [0.717, 1.165) is 4.68 Å². The minimum absolute atomic E-state index is 0.113. The average molecular weight is 451 g/mol. The van der Waals surface area contributed by atoms with E-state index in [4.69, 9.17) is 18.9 Å². The van der Waals surface area contributed by atoms with Gasteiger partial charge in [0.15, 0.2) is 11.5 Å². The molecule has 4 aromatic rings. The van der Waals surface area contributed by atoms with E-state index in [0.29, 0.717) is 28.7 Å². The number of ether oxygens (including phenoxy) is 4. The van der Waals surface area contributed by atoms with Gasteiger partial charge in [-0.2, -0.15) is 0 Å². The molecule has 0 atom stereocenters. The van der Waals surface area contributed by atoms with Crippen molar-refractivity contribution < 1.29 is 23.7 Å². The van der Waals surface area contributed by atoms with Gasteiger partial charge in [-0.25, -0.2) is 18.9 Å². The number of fused-ring (bicyclic) bond motifs is 1. The van der Waals surface area contributed by atoms with Crippen molar-refractivity contribution >= 4 is 17.2 Å². The van der Waals surface area contributed by atoms with Gasteiger partial charge in [-0.15, -0.1) is 5.10 Å². The number of rotatable bonds is 8. The van der Waals surface area contributed by atoms with Gasteiger partial charge < -0.3 is 24.3 Å². The molecule has 0 saturated heterocycles. The zero-order valence-electron chi connectivity index (χ0n) is 18.1. The molecule has 0 saturated carbocycles. The normalized spacial score (nSPS) is 10.6. The molecule has 1 N–H and O–H groups in total. The maximum atomic E-state index is 12.7. The van der Waals surface area contributed by atoms with Crippen molar-refractivity contribution in [3.8, 4) is 28.9 Å². The molecule has 11 nitrogen and oxygen atoms in total. The second-order valence-electron chi connectivity index (χ2n) is 6.77. The van der Waals surface area contributed by atoms with Crippen molar-refractivity contribution in [3.63, 3.8) is 0 Å². The van der Waals surface area contributed by atoms with Crippen molar-refractivity contribution in [2.45, 2.75) is 6.54 Å². The molecule has 0 aliphatic rings. The van der Waals surface area contributed by atoms with Gasteiger partial charge in [0.25, 0.3) is 5.88 Å². The summed E-state index contributed by atoms with van der Waals surface area (Å²) in [6, 6.07) is 11.9. The molecule has 2 heterocycles. The fraction of sp³-hybridized carbons (Fsp3) is 0.182. The third kappa shape index (κ3) is 4.56. The van der Waals surface area contributed by atoms with Crippen LogP contribution >= 0.6 is 0 Å². The zero-order chi connectivity index (χ0) is 23.4. The van der Waals surface area contributed by atoms with Crippen molar-refractivity contribution in [1.82, 2.24) is 19.2 Å². The Morgan fingerprint density at radius 2 is 1.79 bits per heavy atom. The fourth-order valence-electron chi connectivity index (χ4n) is 3.13. The van der Waals surface area contributed by atoms with Gasteiger partial charge in [-0.1, -0.05) is 6.07 Å².